The van der Waals surface area contributed by atoms with Crippen LogP contribution in [-0.2, 0) is 16.4 Å². The lowest BCUT2D eigenvalue weighted by Crippen LogP contribution is -2.31. The molecule has 0 aliphatic rings. The zero-order valence-electron chi connectivity index (χ0n) is 17.0. The van der Waals surface area contributed by atoms with Crippen LogP contribution >= 0.6 is 0 Å². The summed E-state index contributed by atoms with van der Waals surface area (Å²) in [6.07, 6.45) is 1.68. The van der Waals surface area contributed by atoms with Crippen LogP contribution in [0.3, 0.4) is 0 Å². The lowest BCUT2D eigenvalue weighted by atomic mass is 10.1. The molecule has 0 unspecified atom stereocenters. The highest BCUT2D eigenvalue weighted by atomic mass is 32.2. The van der Waals surface area contributed by atoms with E-state index in [0.717, 1.165) is 12.8 Å². The maximum atomic E-state index is 13.2. The summed E-state index contributed by atoms with van der Waals surface area (Å²) < 4.78 is 27.6. The molecule has 0 radical (unpaired) electrons. The van der Waals surface area contributed by atoms with Crippen molar-refractivity contribution < 1.29 is 13.2 Å². The molecule has 30 heavy (non-hydrogen) atoms. The molecule has 0 bridgehead atoms. The van der Waals surface area contributed by atoms with Crippen LogP contribution in [0.15, 0.2) is 89.8 Å². The molecular weight excluding hydrogens is 396 g/mol. The highest BCUT2D eigenvalue weighted by Gasteiger charge is 2.24. The van der Waals surface area contributed by atoms with Crippen molar-refractivity contribution in [3.8, 4) is 0 Å². The van der Waals surface area contributed by atoms with Crippen LogP contribution in [0.5, 0.6) is 0 Å². The van der Waals surface area contributed by atoms with E-state index in [4.69, 9.17) is 0 Å². The van der Waals surface area contributed by atoms with Crippen LogP contribution in [0.2, 0.25) is 0 Å². The quantitative estimate of drug-likeness (QED) is 0.524. The van der Waals surface area contributed by atoms with E-state index in [2.05, 4.69) is 17.4 Å². The molecule has 156 valence electrons. The third-order valence-electron chi connectivity index (χ3n) is 4.79. The van der Waals surface area contributed by atoms with E-state index in [1.54, 1.807) is 43.3 Å². The van der Waals surface area contributed by atoms with E-state index in [0.29, 0.717) is 24.3 Å². The smallest absolute Gasteiger partial charge is 0.264 e. The van der Waals surface area contributed by atoms with Gasteiger partial charge < -0.3 is 5.32 Å². The Kier molecular flexibility index (Phi) is 7.25. The van der Waals surface area contributed by atoms with E-state index >= 15 is 0 Å². The molecule has 5 nitrogen and oxygen atoms in total. The van der Waals surface area contributed by atoms with Gasteiger partial charge in [0.15, 0.2) is 0 Å². The fourth-order valence-electron chi connectivity index (χ4n) is 3.25. The largest absolute Gasteiger partial charge is 0.352 e. The summed E-state index contributed by atoms with van der Waals surface area (Å²) in [4.78, 5) is 12.6. The van der Waals surface area contributed by atoms with E-state index in [1.807, 2.05) is 24.3 Å². The number of benzene rings is 3. The third kappa shape index (κ3) is 5.27. The Morgan fingerprint density at radius 2 is 1.57 bits per heavy atom. The topological polar surface area (TPSA) is 66.5 Å². The molecule has 1 amide bonds. The molecule has 3 aromatic rings. The zero-order valence-corrected chi connectivity index (χ0v) is 17.8. The van der Waals surface area contributed by atoms with Gasteiger partial charge in [0.1, 0.15) is 0 Å². The van der Waals surface area contributed by atoms with Gasteiger partial charge in [-0.15, -0.1) is 0 Å². The number of amides is 1. The molecule has 0 fully saturated rings. The van der Waals surface area contributed by atoms with Gasteiger partial charge in [0.25, 0.3) is 15.9 Å². The van der Waals surface area contributed by atoms with E-state index in [1.165, 1.54) is 22.0 Å². The molecule has 0 aromatic heterocycles. The number of rotatable bonds is 9. The monoisotopic (exact) mass is 422 g/mol. The number of aryl methyl sites for hydroxylation is 1. The van der Waals surface area contributed by atoms with Gasteiger partial charge in [-0.3, -0.25) is 9.10 Å². The van der Waals surface area contributed by atoms with Gasteiger partial charge in [0, 0.05) is 18.7 Å². The summed E-state index contributed by atoms with van der Waals surface area (Å²) >= 11 is 0. The van der Waals surface area contributed by atoms with Crippen LogP contribution in [0, 0.1) is 0 Å². The molecule has 0 aliphatic heterocycles. The van der Waals surface area contributed by atoms with E-state index < -0.39 is 10.0 Å². The number of hydrogen-bond donors (Lipinski definition) is 1. The maximum Gasteiger partial charge on any atom is 0.264 e. The highest BCUT2D eigenvalue weighted by molar-refractivity contribution is 7.92. The first kappa shape index (κ1) is 21.6. The number of carbonyl (C=O) groups excluding carboxylic acids is 1. The Balaban J connectivity index is 1.68. The second-order valence-corrected chi connectivity index (χ2v) is 8.74. The van der Waals surface area contributed by atoms with Gasteiger partial charge in [-0.25, -0.2) is 8.42 Å². The van der Waals surface area contributed by atoms with E-state index in [9.17, 15) is 13.2 Å². The second kappa shape index (κ2) is 10.1. The van der Waals surface area contributed by atoms with Crippen LogP contribution in [0.25, 0.3) is 0 Å². The van der Waals surface area contributed by atoms with Crippen molar-refractivity contribution in [2.75, 3.05) is 17.4 Å². The summed E-state index contributed by atoms with van der Waals surface area (Å²) in [5.74, 6) is -0.275. The van der Waals surface area contributed by atoms with Gasteiger partial charge in [0.2, 0.25) is 0 Å². The van der Waals surface area contributed by atoms with Crippen molar-refractivity contribution in [2.24, 2.45) is 0 Å². The minimum Gasteiger partial charge on any atom is -0.352 e. The number of anilines is 1. The molecule has 0 atom stereocenters. The first-order chi connectivity index (χ1) is 14.5. The molecule has 0 spiro atoms. The molecule has 1 N–H and O–H groups in total. The Hall–Kier alpha value is -3.12. The van der Waals surface area contributed by atoms with Crippen LogP contribution in [0.1, 0.15) is 29.3 Å². The Morgan fingerprint density at radius 1 is 0.900 bits per heavy atom. The van der Waals surface area contributed by atoms with Crippen molar-refractivity contribution in [1.29, 1.82) is 0 Å². The van der Waals surface area contributed by atoms with Crippen LogP contribution in [-0.4, -0.2) is 27.4 Å². The summed E-state index contributed by atoms with van der Waals surface area (Å²) in [5, 5.41) is 2.88. The Labute approximate surface area is 178 Å². The molecule has 0 saturated heterocycles. The molecule has 3 rings (SSSR count). The summed E-state index contributed by atoms with van der Waals surface area (Å²) in [6, 6.07) is 25.2. The molecular formula is C24H26N2O3S. The minimum atomic E-state index is -3.77. The Bertz CT molecular complexity index is 1070. The Morgan fingerprint density at radius 3 is 2.23 bits per heavy atom. The first-order valence-electron chi connectivity index (χ1n) is 10.0. The van der Waals surface area contributed by atoms with Gasteiger partial charge in [-0.05, 0) is 55.7 Å². The SMILES string of the molecule is CCN(c1ccccc1)S(=O)(=O)c1cccc(C(=O)NCCCc2ccccc2)c1. The first-order valence-corrected chi connectivity index (χ1v) is 11.5. The number of nitrogens with one attached hydrogen (secondary N) is 1. The minimum absolute atomic E-state index is 0.102. The average molecular weight is 423 g/mol. The predicted octanol–water partition coefficient (Wildman–Crippen LogP) is 4.26. The molecule has 3 aromatic carbocycles. The number of hydrogen-bond acceptors (Lipinski definition) is 3. The molecule has 0 saturated carbocycles. The van der Waals surface area contributed by atoms with Gasteiger partial charge in [-0.2, -0.15) is 0 Å². The maximum absolute atomic E-state index is 13.2. The van der Waals surface area contributed by atoms with Gasteiger partial charge in [-0.1, -0.05) is 54.6 Å². The molecule has 0 aliphatic carbocycles. The number of carbonyl (C=O) groups is 1. The molecule has 6 heteroatoms. The van der Waals surface area contributed by atoms with E-state index in [-0.39, 0.29) is 10.8 Å². The summed E-state index contributed by atoms with van der Waals surface area (Å²) in [6.45, 7) is 2.60. The van der Waals surface area contributed by atoms with Crippen molar-refractivity contribution >= 4 is 21.6 Å². The fraction of sp³-hybridized carbons (Fsp3) is 0.208. The zero-order chi connectivity index (χ0) is 21.4. The van der Waals surface area contributed by atoms with Crippen molar-refractivity contribution in [3.05, 3.63) is 96.1 Å². The average Bonchev–Trinajstić information content (AvgIpc) is 2.78. The number of sulfonamides is 1. The van der Waals surface area contributed by atoms with Gasteiger partial charge in [0.05, 0.1) is 10.6 Å². The highest BCUT2D eigenvalue weighted by Crippen LogP contribution is 2.23. The fourth-order valence-corrected chi connectivity index (χ4v) is 4.77. The standard InChI is InChI=1S/C24H26N2O3S/c1-2-26(22-15-7-4-8-16-22)30(28,29)23-17-9-14-21(19-23)24(27)25-18-10-13-20-11-5-3-6-12-20/h3-9,11-12,14-17,19H,2,10,13,18H2,1H3,(H,25,27). The van der Waals surface area contributed by atoms with Gasteiger partial charge >= 0.3 is 0 Å². The van der Waals surface area contributed by atoms with Crippen molar-refractivity contribution in [2.45, 2.75) is 24.7 Å². The summed E-state index contributed by atoms with van der Waals surface area (Å²) in [5.41, 5.74) is 2.15. The van der Waals surface area contributed by atoms with Crippen LogP contribution in [0.4, 0.5) is 5.69 Å². The lowest BCUT2D eigenvalue weighted by molar-refractivity contribution is 0.0953. The van der Waals surface area contributed by atoms with Crippen molar-refractivity contribution in [1.82, 2.24) is 5.32 Å². The lowest BCUT2D eigenvalue weighted by Gasteiger charge is -2.23. The summed E-state index contributed by atoms with van der Waals surface area (Å²) in [7, 11) is -3.77. The van der Waals surface area contributed by atoms with Crippen LogP contribution < -0.4 is 9.62 Å². The van der Waals surface area contributed by atoms with Crippen molar-refractivity contribution in [3.63, 3.8) is 0 Å². The number of para-hydroxylation sites is 1. The third-order valence-corrected chi connectivity index (χ3v) is 6.69. The normalized spacial score (nSPS) is 11.1. The predicted molar refractivity (Wildman–Crippen MR) is 120 cm³/mol. The molecule has 0 heterocycles. The second-order valence-electron chi connectivity index (χ2n) is 6.88. The number of nitrogens with zero attached hydrogens (tertiary/aromatic N) is 1.